The van der Waals surface area contributed by atoms with E-state index in [1.54, 1.807) is 6.07 Å². The molecular formula is C16H20BrFN2O2. The van der Waals surface area contributed by atoms with Crippen molar-refractivity contribution in [3.05, 3.63) is 28.5 Å². The average Bonchev–Trinajstić information content (AvgIpc) is 2.95. The Kier molecular flexibility index (Phi) is 4.68. The van der Waals surface area contributed by atoms with Crippen LogP contribution < -0.4 is 10.1 Å². The SMILES string of the molecule is O=C(COc1ccc(Br)cc1F)N1CCC2(CCNC2)CC1. The number of halogens is 2. The largest absolute Gasteiger partial charge is 0.481 e. The topological polar surface area (TPSA) is 41.6 Å². The summed E-state index contributed by atoms with van der Waals surface area (Å²) in [6.45, 7) is 3.58. The normalized spacial score (nSPS) is 20.4. The van der Waals surface area contributed by atoms with E-state index >= 15 is 0 Å². The zero-order valence-electron chi connectivity index (χ0n) is 12.4. The first kappa shape index (κ1) is 15.7. The molecule has 3 rings (SSSR count). The maximum Gasteiger partial charge on any atom is 0.260 e. The maximum absolute atomic E-state index is 13.7. The van der Waals surface area contributed by atoms with Crippen molar-refractivity contribution < 1.29 is 13.9 Å². The van der Waals surface area contributed by atoms with Crippen LogP contribution in [0.15, 0.2) is 22.7 Å². The summed E-state index contributed by atoms with van der Waals surface area (Å²) in [5, 5.41) is 3.41. The van der Waals surface area contributed by atoms with Gasteiger partial charge in [0.15, 0.2) is 18.2 Å². The lowest BCUT2D eigenvalue weighted by Gasteiger charge is -2.38. The second-order valence-corrected chi connectivity index (χ2v) is 7.09. The molecule has 1 aromatic rings. The standard InChI is InChI=1S/C16H20BrFN2O2/c17-12-1-2-14(13(18)9-12)22-10-15(21)20-7-4-16(5-8-20)3-6-19-11-16/h1-2,9,19H,3-8,10-11H2. The quantitative estimate of drug-likeness (QED) is 0.888. The Balaban J connectivity index is 1.50. The number of nitrogens with one attached hydrogen (secondary N) is 1. The molecule has 120 valence electrons. The lowest BCUT2D eigenvalue weighted by molar-refractivity contribution is -0.135. The van der Waals surface area contributed by atoms with Gasteiger partial charge in [-0.25, -0.2) is 4.39 Å². The van der Waals surface area contributed by atoms with Gasteiger partial charge < -0.3 is 15.0 Å². The molecule has 2 fully saturated rings. The summed E-state index contributed by atoms with van der Waals surface area (Å²) >= 11 is 3.19. The number of hydrogen-bond donors (Lipinski definition) is 1. The van der Waals surface area contributed by atoms with Gasteiger partial charge in [-0.2, -0.15) is 0 Å². The van der Waals surface area contributed by atoms with Gasteiger partial charge in [0.05, 0.1) is 0 Å². The number of likely N-dealkylation sites (tertiary alicyclic amines) is 1. The number of nitrogens with zero attached hydrogens (tertiary/aromatic N) is 1. The highest BCUT2D eigenvalue weighted by molar-refractivity contribution is 9.10. The summed E-state index contributed by atoms with van der Waals surface area (Å²) in [5.41, 5.74) is 0.384. The summed E-state index contributed by atoms with van der Waals surface area (Å²) in [7, 11) is 0. The van der Waals surface area contributed by atoms with Crippen LogP contribution in [-0.4, -0.2) is 43.6 Å². The molecule has 6 heteroatoms. The van der Waals surface area contributed by atoms with Crippen LogP contribution in [0.3, 0.4) is 0 Å². The van der Waals surface area contributed by atoms with Gasteiger partial charge in [0.1, 0.15) is 0 Å². The summed E-state index contributed by atoms with van der Waals surface area (Å²) in [6.07, 6.45) is 3.28. The molecule has 0 radical (unpaired) electrons. The maximum atomic E-state index is 13.7. The minimum absolute atomic E-state index is 0.0666. The molecule has 2 heterocycles. The third-order valence-corrected chi connectivity index (χ3v) is 5.25. The zero-order chi connectivity index (χ0) is 15.6. The number of benzene rings is 1. The molecule has 22 heavy (non-hydrogen) atoms. The van der Waals surface area contributed by atoms with Crippen LogP contribution in [0.2, 0.25) is 0 Å². The first-order valence-corrected chi connectivity index (χ1v) is 8.44. The van der Waals surface area contributed by atoms with E-state index < -0.39 is 5.82 Å². The molecule has 4 nitrogen and oxygen atoms in total. The summed E-state index contributed by atoms with van der Waals surface area (Å²) in [6, 6.07) is 4.56. The minimum atomic E-state index is -0.461. The number of rotatable bonds is 3. The fourth-order valence-electron chi connectivity index (χ4n) is 3.28. The van der Waals surface area contributed by atoms with Crippen molar-refractivity contribution >= 4 is 21.8 Å². The summed E-state index contributed by atoms with van der Waals surface area (Å²) in [5.74, 6) is -0.412. The van der Waals surface area contributed by atoms with E-state index in [0.29, 0.717) is 9.89 Å². The van der Waals surface area contributed by atoms with Gasteiger partial charge >= 0.3 is 0 Å². The molecule has 0 bridgehead atoms. The lowest BCUT2D eigenvalue weighted by atomic mass is 9.78. The Morgan fingerprint density at radius 1 is 1.36 bits per heavy atom. The first-order chi connectivity index (χ1) is 10.6. The van der Waals surface area contributed by atoms with Crippen LogP contribution in [0, 0.1) is 11.2 Å². The molecule has 0 unspecified atom stereocenters. The smallest absolute Gasteiger partial charge is 0.260 e. The van der Waals surface area contributed by atoms with Gasteiger partial charge in [0, 0.05) is 24.1 Å². The third kappa shape index (κ3) is 3.43. The van der Waals surface area contributed by atoms with Crippen LogP contribution in [0.25, 0.3) is 0 Å². The predicted octanol–water partition coefficient (Wildman–Crippen LogP) is 2.57. The summed E-state index contributed by atoms with van der Waals surface area (Å²) in [4.78, 5) is 14.0. The molecule has 0 aromatic heterocycles. The van der Waals surface area contributed by atoms with Gasteiger partial charge in [-0.05, 0) is 49.4 Å². The number of amides is 1. The Labute approximate surface area is 138 Å². The molecule has 0 atom stereocenters. The number of piperidine rings is 1. The lowest BCUT2D eigenvalue weighted by Crippen LogP contribution is -2.45. The van der Waals surface area contributed by atoms with Crippen molar-refractivity contribution in [3.63, 3.8) is 0 Å². The van der Waals surface area contributed by atoms with Gasteiger partial charge in [-0.1, -0.05) is 15.9 Å². The Morgan fingerprint density at radius 2 is 2.14 bits per heavy atom. The van der Waals surface area contributed by atoms with E-state index in [4.69, 9.17) is 4.74 Å². The van der Waals surface area contributed by atoms with Crippen molar-refractivity contribution in [3.8, 4) is 5.75 Å². The third-order valence-electron chi connectivity index (χ3n) is 4.75. The van der Waals surface area contributed by atoms with Crippen LogP contribution in [-0.2, 0) is 4.79 Å². The molecule has 1 N–H and O–H groups in total. The molecule has 2 aliphatic heterocycles. The van der Waals surface area contributed by atoms with E-state index in [9.17, 15) is 9.18 Å². The Bertz CT molecular complexity index is 551. The van der Waals surface area contributed by atoms with E-state index in [1.165, 1.54) is 18.6 Å². The molecule has 2 aliphatic rings. The van der Waals surface area contributed by atoms with Crippen molar-refractivity contribution in [1.29, 1.82) is 0 Å². The Hall–Kier alpha value is -1.14. The highest BCUT2D eigenvalue weighted by Crippen LogP contribution is 2.36. The minimum Gasteiger partial charge on any atom is -0.481 e. The average molecular weight is 371 g/mol. The van der Waals surface area contributed by atoms with Crippen molar-refractivity contribution in [2.75, 3.05) is 32.8 Å². The van der Waals surface area contributed by atoms with Crippen molar-refractivity contribution in [2.45, 2.75) is 19.3 Å². The highest BCUT2D eigenvalue weighted by atomic mass is 79.9. The van der Waals surface area contributed by atoms with Gasteiger partial charge in [-0.3, -0.25) is 4.79 Å². The highest BCUT2D eigenvalue weighted by Gasteiger charge is 2.38. The van der Waals surface area contributed by atoms with E-state index in [0.717, 1.165) is 39.0 Å². The van der Waals surface area contributed by atoms with E-state index in [-0.39, 0.29) is 18.3 Å². The molecular weight excluding hydrogens is 351 g/mol. The van der Waals surface area contributed by atoms with Gasteiger partial charge in [0.2, 0.25) is 0 Å². The van der Waals surface area contributed by atoms with Crippen LogP contribution in [0.4, 0.5) is 4.39 Å². The molecule has 1 aromatic carbocycles. The van der Waals surface area contributed by atoms with Crippen LogP contribution >= 0.6 is 15.9 Å². The molecule has 1 amide bonds. The van der Waals surface area contributed by atoms with Crippen LogP contribution in [0.5, 0.6) is 5.75 Å². The zero-order valence-corrected chi connectivity index (χ0v) is 14.0. The van der Waals surface area contributed by atoms with Crippen molar-refractivity contribution in [1.82, 2.24) is 10.2 Å². The first-order valence-electron chi connectivity index (χ1n) is 7.64. The second kappa shape index (κ2) is 6.54. The number of hydrogen-bond acceptors (Lipinski definition) is 3. The van der Waals surface area contributed by atoms with Crippen LogP contribution in [0.1, 0.15) is 19.3 Å². The molecule has 1 spiro atoms. The number of ether oxygens (including phenoxy) is 1. The van der Waals surface area contributed by atoms with E-state index in [2.05, 4.69) is 21.2 Å². The number of carbonyl (C=O) groups excluding carboxylic acids is 1. The second-order valence-electron chi connectivity index (χ2n) is 6.17. The van der Waals surface area contributed by atoms with Gasteiger partial charge in [0.25, 0.3) is 5.91 Å². The van der Waals surface area contributed by atoms with Gasteiger partial charge in [-0.15, -0.1) is 0 Å². The van der Waals surface area contributed by atoms with E-state index in [1.807, 2.05) is 4.90 Å². The predicted molar refractivity (Wildman–Crippen MR) is 85.3 cm³/mol. The number of carbonyl (C=O) groups is 1. The fourth-order valence-corrected chi connectivity index (χ4v) is 3.61. The monoisotopic (exact) mass is 370 g/mol. The Morgan fingerprint density at radius 3 is 2.77 bits per heavy atom. The molecule has 0 saturated carbocycles. The molecule has 0 aliphatic carbocycles. The summed E-state index contributed by atoms with van der Waals surface area (Å²) < 4.78 is 19.6. The molecule has 2 saturated heterocycles. The fraction of sp³-hybridized carbons (Fsp3) is 0.562. The van der Waals surface area contributed by atoms with Crippen molar-refractivity contribution in [2.24, 2.45) is 5.41 Å².